The predicted octanol–water partition coefficient (Wildman–Crippen LogP) is 3.29. The number of unbranched alkanes of at least 4 members (excludes halogenated alkanes) is 1. The van der Waals surface area contributed by atoms with Gasteiger partial charge in [0.1, 0.15) is 0 Å². The van der Waals surface area contributed by atoms with Crippen LogP contribution in [0.4, 0.5) is 0 Å². The number of amides is 2. The van der Waals surface area contributed by atoms with Crippen molar-refractivity contribution >= 4 is 35.2 Å². The van der Waals surface area contributed by atoms with Crippen LogP contribution in [0.1, 0.15) is 25.7 Å². The van der Waals surface area contributed by atoms with Crippen LogP contribution in [0.5, 0.6) is 0 Å². The summed E-state index contributed by atoms with van der Waals surface area (Å²) in [5.41, 5.74) is 0. The lowest BCUT2D eigenvalue weighted by molar-refractivity contribution is -0.187. The molecule has 0 aromatic heterocycles. The molecule has 108 valence electrons. The summed E-state index contributed by atoms with van der Waals surface area (Å²) in [4.78, 5) is 28.9. The minimum Gasteiger partial charge on any atom is -0.272 e. The summed E-state index contributed by atoms with van der Waals surface area (Å²) < 4.78 is 0. The lowest BCUT2D eigenvalue weighted by atomic mass is 10.4. The third-order valence-corrected chi connectivity index (χ3v) is 4.20. The number of hydroxylamine groups is 2. The summed E-state index contributed by atoms with van der Waals surface area (Å²) in [6.07, 6.45) is 2.32. The van der Waals surface area contributed by atoms with Gasteiger partial charge in [0.05, 0.1) is 6.61 Å². The monoisotopic (exact) mass is 313 g/mol. The molecule has 0 atom stereocenters. The molecule has 0 unspecified atom stereocenters. The highest BCUT2D eigenvalue weighted by atomic mass is 35.5. The fraction of sp³-hybridized carbons (Fsp3) is 0.429. The van der Waals surface area contributed by atoms with Crippen molar-refractivity contribution in [1.82, 2.24) is 5.06 Å². The first-order valence-electron chi connectivity index (χ1n) is 6.54. The molecule has 1 aromatic carbocycles. The van der Waals surface area contributed by atoms with Gasteiger partial charge in [0.25, 0.3) is 11.8 Å². The number of carbonyl (C=O) groups excluding carboxylic acids is 2. The number of nitrogens with zero attached hydrogens (tertiary/aromatic N) is 1. The van der Waals surface area contributed by atoms with Gasteiger partial charge < -0.3 is 0 Å². The molecular formula is C14H16ClNO3S. The molecule has 0 spiro atoms. The van der Waals surface area contributed by atoms with Crippen LogP contribution in [-0.4, -0.2) is 29.2 Å². The molecule has 1 aliphatic rings. The minimum atomic E-state index is -0.231. The molecule has 1 saturated heterocycles. The van der Waals surface area contributed by atoms with Gasteiger partial charge in [0, 0.05) is 22.8 Å². The molecule has 4 nitrogen and oxygen atoms in total. The molecule has 0 saturated carbocycles. The molecular weight excluding hydrogens is 298 g/mol. The van der Waals surface area contributed by atoms with Gasteiger partial charge in [0.15, 0.2) is 0 Å². The normalized spacial score (nSPS) is 15.2. The lowest BCUT2D eigenvalue weighted by Gasteiger charge is -2.12. The van der Waals surface area contributed by atoms with Crippen LogP contribution in [0.25, 0.3) is 0 Å². The Morgan fingerprint density at radius 2 is 1.75 bits per heavy atom. The van der Waals surface area contributed by atoms with Crippen LogP contribution in [0.2, 0.25) is 5.02 Å². The molecule has 2 rings (SSSR count). The number of hydrogen-bond donors (Lipinski definition) is 0. The van der Waals surface area contributed by atoms with Crippen LogP contribution in [0.15, 0.2) is 29.2 Å². The fourth-order valence-corrected chi connectivity index (χ4v) is 2.82. The second-order valence-corrected chi connectivity index (χ2v) is 6.03. The Hall–Kier alpha value is -1.04. The lowest BCUT2D eigenvalue weighted by Crippen LogP contribution is -2.29. The second kappa shape index (κ2) is 7.67. The van der Waals surface area contributed by atoms with E-state index in [-0.39, 0.29) is 24.7 Å². The van der Waals surface area contributed by atoms with Crippen LogP contribution in [-0.2, 0) is 14.4 Å². The van der Waals surface area contributed by atoms with Crippen LogP contribution >= 0.6 is 23.4 Å². The number of rotatable bonds is 7. The van der Waals surface area contributed by atoms with Crippen molar-refractivity contribution in [3.8, 4) is 0 Å². The van der Waals surface area contributed by atoms with Gasteiger partial charge in [-0.25, -0.2) is 0 Å². The topological polar surface area (TPSA) is 46.6 Å². The number of hydrogen-bond acceptors (Lipinski definition) is 4. The predicted molar refractivity (Wildman–Crippen MR) is 78.4 cm³/mol. The Balaban J connectivity index is 1.57. The Morgan fingerprint density at radius 3 is 2.40 bits per heavy atom. The van der Waals surface area contributed by atoms with E-state index < -0.39 is 0 Å². The van der Waals surface area contributed by atoms with E-state index in [1.807, 2.05) is 24.3 Å². The average Bonchev–Trinajstić information content (AvgIpc) is 2.76. The maximum Gasteiger partial charge on any atom is 0.253 e. The summed E-state index contributed by atoms with van der Waals surface area (Å²) in [6, 6.07) is 7.73. The van der Waals surface area contributed by atoms with Gasteiger partial charge in [-0.15, -0.1) is 11.8 Å². The third kappa shape index (κ3) is 4.51. The highest BCUT2D eigenvalue weighted by Crippen LogP contribution is 2.21. The minimum absolute atomic E-state index is 0.231. The van der Waals surface area contributed by atoms with E-state index in [1.54, 1.807) is 11.8 Å². The van der Waals surface area contributed by atoms with E-state index in [1.165, 1.54) is 4.90 Å². The molecule has 2 amide bonds. The van der Waals surface area contributed by atoms with Gasteiger partial charge in [0.2, 0.25) is 0 Å². The quantitative estimate of drug-likeness (QED) is 0.440. The van der Waals surface area contributed by atoms with E-state index >= 15 is 0 Å². The van der Waals surface area contributed by atoms with Crippen molar-refractivity contribution < 1.29 is 14.4 Å². The highest BCUT2D eigenvalue weighted by molar-refractivity contribution is 7.99. The summed E-state index contributed by atoms with van der Waals surface area (Å²) in [5, 5.41) is 1.65. The summed E-state index contributed by atoms with van der Waals surface area (Å²) in [7, 11) is 0. The van der Waals surface area contributed by atoms with Gasteiger partial charge in [-0.1, -0.05) is 11.6 Å². The van der Waals surface area contributed by atoms with Gasteiger partial charge in [-0.3, -0.25) is 14.4 Å². The van der Waals surface area contributed by atoms with Crippen molar-refractivity contribution in [1.29, 1.82) is 0 Å². The zero-order chi connectivity index (χ0) is 14.4. The zero-order valence-electron chi connectivity index (χ0n) is 11.0. The Bertz CT molecular complexity index is 462. The smallest absolute Gasteiger partial charge is 0.253 e. The fourth-order valence-electron chi connectivity index (χ4n) is 1.78. The van der Waals surface area contributed by atoms with Crippen molar-refractivity contribution in [2.24, 2.45) is 0 Å². The number of halogens is 1. The van der Waals surface area contributed by atoms with Gasteiger partial charge in [-0.2, -0.15) is 5.06 Å². The molecule has 6 heteroatoms. The van der Waals surface area contributed by atoms with E-state index in [0.717, 1.165) is 28.7 Å². The number of imide groups is 1. The maximum absolute atomic E-state index is 11.3. The van der Waals surface area contributed by atoms with E-state index in [4.69, 9.17) is 16.4 Å². The molecule has 1 aliphatic heterocycles. The van der Waals surface area contributed by atoms with Crippen molar-refractivity contribution in [2.75, 3.05) is 12.4 Å². The van der Waals surface area contributed by atoms with Crippen molar-refractivity contribution in [3.63, 3.8) is 0 Å². The Kier molecular flexibility index (Phi) is 5.88. The van der Waals surface area contributed by atoms with Crippen LogP contribution < -0.4 is 0 Å². The molecule has 1 heterocycles. The SMILES string of the molecule is O=C1CCC(=O)N1OCCCCSc1ccc(Cl)cc1. The third-order valence-electron chi connectivity index (χ3n) is 2.85. The summed E-state index contributed by atoms with van der Waals surface area (Å²) >= 11 is 7.57. The molecule has 20 heavy (non-hydrogen) atoms. The Labute approximate surface area is 127 Å². The molecule has 0 bridgehead atoms. The van der Waals surface area contributed by atoms with Gasteiger partial charge in [-0.05, 0) is 42.9 Å². The molecule has 1 aromatic rings. The number of thioether (sulfide) groups is 1. The number of benzene rings is 1. The first-order chi connectivity index (χ1) is 9.66. The Morgan fingerprint density at radius 1 is 1.10 bits per heavy atom. The maximum atomic E-state index is 11.3. The van der Waals surface area contributed by atoms with E-state index in [0.29, 0.717) is 6.61 Å². The summed E-state index contributed by atoms with van der Waals surface area (Å²) in [6.45, 7) is 0.401. The van der Waals surface area contributed by atoms with Crippen molar-refractivity contribution in [2.45, 2.75) is 30.6 Å². The van der Waals surface area contributed by atoms with Crippen LogP contribution in [0.3, 0.4) is 0 Å². The van der Waals surface area contributed by atoms with Crippen LogP contribution in [0, 0.1) is 0 Å². The molecule has 0 aliphatic carbocycles. The number of carbonyl (C=O) groups is 2. The largest absolute Gasteiger partial charge is 0.272 e. The second-order valence-electron chi connectivity index (χ2n) is 4.42. The van der Waals surface area contributed by atoms with E-state index in [2.05, 4.69) is 0 Å². The first kappa shape index (κ1) is 15.4. The molecule has 0 radical (unpaired) electrons. The highest BCUT2D eigenvalue weighted by Gasteiger charge is 2.29. The average molecular weight is 314 g/mol. The molecule has 1 fully saturated rings. The first-order valence-corrected chi connectivity index (χ1v) is 7.90. The van der Waals surface area contributed by atoms with Crippen molar-refractivity contribution in [3.05, 3.63) is 29.3 Å². The zero-order valence-corrected chi connectivity index (χ0v) is 12.6. The summed E-state index contributed by atoms with van der Waals surface area (Å²) in [5.74, 6) is 0.503. The van der Waals surface area contributed by atoms with Gasteiger partial charge >= 0.3 is 0 Å². The standard InChI is InChI=1S/C14H16ClNO3S/c15-11-3-5-12(6-4-11)20-10-2-1-9-19-16-13(17)7-8-14(16)18/h3-6H,1-2,7-10H2. The van der Waals surface area contributed by atoms with E-state index in [9.17, 15) is 9.59 Å². The molecule has 0 N–H and O–H groups in total.